The number of anilines is 6. The van der Waals surface area contributed by atoms with Crippen LogP contribution in [0.4, 0.5) is 34.1 Å². The molecule has 0 heterocycles. The van der Waals surface area contributed by atoms with Crippen molar-refractivity contribution >= 4 is 55.7 Å². The van der Waals surface area contributed by atoms with Crippen LogP contribution >= 0.6 is 0 Å². The van der Waals surface area contributed by atoms with Crippen molar-refractivity contribution < 1.29 is 0 Å². The van der Waals surface area contributed by atoms with Gasteiger partial charge in [0.1, 0.15) is 0 Å². The Morgan fingerprint density at radius 3 is 1.17 bits per heavy atom. The van der Waals surface area contributed by atoms with Crippen molar-refractivity contribution in [1.82, 2.24) is 0 Å². The SMILES string of the molecule is c1ccc(-c2ccc(N(c3ccccc3)c3cc(-c4cc5ccccc5c5ccccc45)cc(N(c4ccccc4)c4ccccc4)c3)cc2)cc1. The van der Waals surface area contributed by atoms with Crippen LogP contribution in [0.5, 0.6) is 0 Å². The Kier molecular flexibility index (Phi) is 8.24. The number of hydrogen-bond acceptors (Lipinski definition) is 2. The average Bonchev–Trinajstić information content (AvgIpc) is 3.22. The first-order valence-electron chi connectivity index (χ1n) is 17.8. The second kappa shape index (κ2) is 13.8. The molecule has 9 rings (SSSR count). The van der Waals surface area contributed by atoms with Gasteiger partial charge in [-0.25, -0.2) is 0 Å². The quantitative estimate of drug-likeness (QED) is 0.149. The number of fused-ring (bicyclic) bond motifs is 3. The molecular formula is C50H36N2. The Labute approximate surface area is 305 Å². The summed E-state index contributed by atoms with van der Waals surface area (Å²) in [5.74, 6) is 0. The van der Waals surface area contributed by atoms with E-state index in [0.29, 0.717) is 0 Å². The van der Waals surface area contributed by atoms with Gasteiger partial charge in [0, 0.05) is 34.1 Å². The molecule has 0 saturated heterocycles. The van der Waals surface area contributed by atoms with Crippen LogP contribution < -0.4 is 9.80 Å². The lowest BCUT2D eigenvalue weighted by Gasteiger charge is -2.30. The number of para-hydroxylation sites is 3. The van der Waals surface area contributed by atoms with Crippen LogP contribution in [0.1, 0.15) is 0 Å². The molecule has 0 aliphatic heterocycles. The van der Waals surface area contributed by atoms with E-state index in [1.54, 1.807) is 0 Å². The van der Waals surface area contributed by atoms with Crippen LogP contribution in [-0.2, 0) is 0 Å². The lowest BCUT2D eigenvalue weighted by Crippen LogP contribution is -2.13. The van der Waals surface area contributed by atoms with Crippen LogP contribution in [-0.4, -0.2) is 0 Å². The third-order valence-electron chi connectivity index (χ3n) is 9.77. The Balaban J connectivity index is 1.32. The van der Waals surface area contributed by atoms with Gasteiger partial charge in [0.2, 0.25) is 0 Å². The summed E-state index contributed by atoms with van der Waals surface area (Å²) in [6.07, 6.45) is 0. The van der Waals surface area contributed by atoms with E-state index in [-0.39, 0.29) is 0 Å². The Morgan fingerprint density at radius 1 is 0.231 bits per heavy atom. The molecule has 0 bridgehead atoms. The molecule has 0 amide bonds. The van der Waals surface area contributed by atoms with E-state index in [0.717, 1.165) is 39.7 Å². The first-order chi connectivity index (χ1) is 25.8. The number of hydrogen-bond donors (Lipinski definition) is 0. The maximum absolute atomic E-state index is 2.37. The predicted molar refractivity (Wildman–Crippen MR) is 222 cm³/mol. The van der Waals surface area contributed by atoms with Gasteiger partial charge in [0.05, 0.1) is 0 Å². The molecule has 246 valence electrons. The van der Waals surface area contributed by atoms with Gasteiger partial charge in [0.15, 0.2) is 0 Å². The van der Waals surface area contributed by atoms with E-state index in [1.165, 1.54) is 38.2 Å². The van der Waals surface area contributed by atoms with Gasteiger partial charge in [-0.1, -0.05) is 146 Å². The molecule has 9 aromatic rings. The second-order valence-electron chi connectivity index (χ2n) is 13.0. The van der Waals surface area contributed by atoms with Crippen LogP contribution in [0.2, 0.25) is 0 Å². The molecule has 0 aliphatic rings. The predicted octanol–water partition coefficient (Wildman–Crippen LogP) is 14.3. The zero-order chi connectivity index (χ0) is 34.7. The molecule has 0 radical (unpaired) electrons. The zero-order valence-corrected chi connectivity index (χ0v) is 28.7. The summed E-state index contributed by atoms with van der Waals surface area (Å²) in [6, 6.07) is 78.4. The topological polar surface area (TPSA) is 6.48 Å². The summed E-state index contributed by atoms with van der Waals surface area (Å²) in [4.78, 5) is 4.73. The molecule has 52 heavy (non-hydrogen) atoms. The maximum Gasteiger partial charge on any atom is 0.0488 e. The van der Waals surface area contributed by atoms with Gasteiger partial charge in [-0.3, -0.25) is 0 Å². The smallest absolute Gasteiger partial charge is 0.0488 e. The van der Waals surface area contributed by atoms with E-state index in [1.807, 2.05) is 0 Å². The molecule has 0 spiro atoms. The molecule has 0 N–H and O–H groups in total. The van der Waals surface area contributed by atoms with Crippen molar-refractivity contribution in [3.05, 3.63) is 218 Å². The minimum Gasteiger partial charge on any atom is -0.310 e. The molecular weight excluding hydrogens is 629 g/mol. The Bertz CT molecular complexity index is 2560. The fraction of sp³-hybridized carbons (Fsp3) is 0. The Morgan fingerprint density at radius 2 is 0.635 bits per heavy atom. The molecule has 0 fully saturated rings. The highest BCUT2D eigenvalue weighted by Crippen LogP contribution is 2.45. The minimum atomic E-state index is 1.07. The summed E-state index contributed by atoms with van der Waals surface area (Å²) in [7, 11) is 0. The normalized spacial score (nSPS) is 11.1. The van der Waals surface area contributed by atoms with Crippen molar-refractivity contribution in [1.29, 1.82) is 0 Å². The molecule has 0 aliphatic carbocycles. The Hall–Kier alpha value is -6.90. The van der Waals surface area contributed by atoms with Crippen molar-refractivity contribution in [2.75, 3.05) is 9.80 Å². The van der Waals surface area contributed by atoms with Gasteiger partial charge in [-0.2, -0.15) is 0 Å². The van der Waals surface area contributed by atoms with Gasteiger partial charge in [-0.15, -0.1) is 0 Å². The molecule has 0 atom stereocenters. The summed E-state index contributed by atoms with van der Waals surface area (Å²) in [5, 5.41) is 4.97. The standard InChI is InChI=1S/C50H36N2/c1-5-17-37(18-6-1)38-29-31-44(32-30-38)52(43-24-11-4-12-25-43)46-34-40(50-35-39-19-13-14-26-47(39)48-27-15-16-28-49(48)50)33-45(36-46)51(41-20-7-2-8-21-41)42-22-9-3-10-23-42/h1-36H. The lowest BCUT2D eigenvalue weighted by atomic mass is 9.92. The van der Waals surface area contributed by atoms with Crippen LogP contribution in [0, 0.1) is 0 Å². The fourth-order valence-corrected chi connectivity index (χ4v) is 7.36. The second-order valence-corrected chi connectivity index (χ2v) is 13.0. The van der Waals surface area contributed by atoms with Gasteiger partial charge < -0.3 is 9.80 Å². The van der Waals surface area contributed by atoms with Crippen LogP contribution in [0.25, 0.3) is 43.8 Å². The van der Waals surface area contributed by atoms with Crippen molar-refractivity contribution in [2.45, 2.75) is 0 Å². The van der Waals surface area contributed by atoms with Crippen LogP contribution in [0.15, 0.2) is 218 Å². The van der Waals surface area contributed by atoms with Crippen molar-refractivity contribution in [3.63, 3.8) is 0 Å². The highest BCUT2D eigenvalue weighted by Gasteiger charge is 2.20. The number of benzene rings is 9. The van der Waals surface area contributed by atoms with E-state index < -0.39 is 0 Å². The van der Waals surface area contributed by atoms with E-state index in [4.69, 9.17) is 0 Å². The monoisotopic (exact) mass is 664 g/mol. The molecule has 0 unspecified atom stereocenters. The van der Waals surface area contributed by atoms with Gasteiger partial charge >= 0.3 is 0 Å². The lowest BCUT2D eigenvalue weighted by molar-refractivity contribution is 1.25. The molecule has 2 nitrogen and oxygen atoms in total. The zero-order valence-electron chi connectivity index (χ0n) is 28.7. The number of rotatable bonds is 8. The van der Waals surface area contributed by atoms with Crippen molar-refractivity contribution in [2.24, 2.45) is 0 Å². The highest BCUT2D eigenvalue weighted by atomic mass is 15.2. The van der Waals surface area contributed by atoms with E-state index in [2.05, 4.69) is 228 Å². The first kappa shape index (κ1) is 31.1. The van der Waals surface area contributed by atoms with Crippen molar-refractivity contribution in [3.8, 4) is 22.3 Å². The molecule has 2 heteroatoms. The van der Waals surface area contributed by atoms with E-state index in [9.17, 15) is 0 Å². The molecule has 0 aromatic heterocycles. The molecule has 0 saturated carbocycles. The summed E-state index contributed by atoms with van der Waals surface area (Å²) >= 11 is 0. The fourth-order valence-electron chi connectivity index (χ4n) is 7.36. The maximum atomic E-state index is 2.37. The highest BCUT2D eigenvalue weighted by molar-refractivity contribution is 6.14. The van der Waals surface area contributed by atoms with Crippen LogP contribution in [0.3, 0.4) is 0 Å². The summed E-state index contributed by atoms with van der Waals surface area (Å²) in [5.41, 5.74) is 11.2. The average molecular weight is 665 g/mol. The summed E-state index contributed by atoms with van der Waals surface area (Å²) < 4.78 is 0. The summed E-state index contributed by atoms with van der Waals surface area (Å²) in [6.45, 7) is 0. The minimum absolute atomic E-state index is 1.07. The van der Waals surface area contributed by atoms with E-state index >= 15 is 0 Å². The largest absolute Gasteiger partial charge is 0.310 e. The number of nitrogens with zero attached hydrogens (tertiary/aromatic N) is 2. The van der Waals surface area contributed by atoms with Gasteiger partial charge in [-0.05, 0) is 117 Å². The third kappa shape index (κ3) is 5.97. The first-order valence-corrected chi connectivity index (χ1v) is 17.8. The van der Waals surface area contributed by atoms with Gasteiger partial charge in [0.25, 0.3) is 0 Å². The molecule has 9 aromatic carbocycles. The third-order valence-corrected chi connectivity index (χ3v) is 9.77.